The summed E-state index contributed by atoms with van der Waals surface area (Å²) in [7, 11) is 4.76. The number of fused-ring (bicyclic) bond motifs is 2. The van der Waals surface area contributed by atoms with E-state index < -0.39 is 0 Å². The van der Waals surface area contributed by atoms with E-state index in [0.717, 1.165) is 17.8 Å². The van der Waals surface area contributed by atoms with E-state index in [1.807, 2.05) is 0 Å². The first-order chi connectivity index (χ1) is 17.0. The maximum atomic E-state index is 4.42. The van der Waals surface area contributed by atoms with Crippen molar-refractivity contribution in [2.75, 3.05) is 40.3 Å². The third-order valence-corrected chi connectivity index (χ3v) is 9.20. The molecule has 204 valence electrons. The van der Waals surface area contributed by atoms with E-state index >= 15 is 0 Å². The first-order valence-electron chi connectivity index (χ1n) is 15.7. The van der Waals surface area contributed by atoms with Crippen molar-refractivity contribution < 1.29 is 0 Å². The Hall–Kier alpha value is -0.600. The smallest absolute Gasteiger partial charge is 0.00126 e. The van der Waals surface area contributed by atoms with Crippen LogP contribution in [0.1, 0.15) is 116 Å². The molecule has 5 atom stereocenters. The fraction of sp³-hybridized carbons (Fsp3) is 0.879. The lowest BCUT2D eigenvalue weighted by molar-refractivity contribution is 0.0863. The van der Waals surface area contributed by atoms with Crippen LogP contribution in [0.3, 0.4) is 0 Å². The third kappa shape index (κ3) is 13.0. The van der Waals surface area contributed by atoms with Crippen LogP contribution >= 0.6 is 0 Å². The number of hydrogen-bond acceptors (Lipinski definition) is 2. The molecule has 2 rings (SSSR count). The molecule has 0 radical (unpaired) electrons. The Morgan fingerprint density at radius 3 is 2.14 bits per heavy atom. The standard InChI is InChI=1S/C33H62N2/c1-6-29(3)21-17-13-12-15-19-23-31-27-34(4)24-20-16-11-9-8-10-14-18-22-30-25-32(33(31)7-2)28-35(5)26-30/h6-7,29-33H,1-2,8-28H2,3-5H3/t29-,30+,31-,32-,33+/m1/s1. The zero-order chi connectivity index (χ0) is 25.3. The average molecular weight is 487 g/mol. The first-order valence-corrected chi connectivity index (χ1v) is 15.7. The molecule has 0 unspecified atom stereocenters. The molecule has 0 aliphatic carbocycles. The lowest BCUT2D eigenvalue weighted by Crippen LogP contribution is -2.43. The summed E-state index contributed by atoms with van der Waals surface area (Å²) in [5.74, 6) is 3.82. The molecule has 0 aromatic heterocycles. The molecule has 2 bridgehead atoms. The van der Waals surface area contributed by atoms with Crippen LogP contribution < -0.4 is 0 Å². The zero-order valence-electron chi connectivity index (χ0n) is 24.2. The molecule has 0 spiro atoms. The number of allylic oxidation sites excluding steroid dienone is 2. The van der Waals surface area contributed by atoms with Crippen molar-refractivity contribution in [2.45, 2.75) is 116 Å². The summed E-state index contributed by atoms with van der Waals surface area (Å²) in [6, 6.07) is 0. The van der Waals surface area contributed by atoms with Crippen LogP contribution in [-0.2, 0) is 0 Å². The predicted octanol–water partition coefficient (Wildman–Crippen LogP) is 8.98. The Kier molecular flexibility index (Phi) is 16.3. The second-order valence-electron chi connectivity index (χ2n) is 12.6. The molecule has 2 heterocycles. The summed E-state index contributed by atoms with van der Waals surface area (Å²) < 4.78 is 0. The lowest BCUT2D eigenvalue weighted by atomic mass is 9.72. The first kappa shape index (κ1) is 30.6. The third-order valence-electron chi connectivity index (χ3n) is 9.20. The van der Waals surface area contributed by atoms with Crippen LogP contribution in [0.15, 0.2) is 25.3 Å². The van der Waals surface area contributed by atoms with E-state index in [1.165, 1.54) is 135 Å². The number of hydrogen-bond donors (Lipinski definition) is 0. The molecule has 2 nitrogen and oxygen atoms in total. The average Bonchev–Trinajstić information content (AvgIpc) is 2.84. The molecule has 35 heavy (non-hydrogen) atoms. The van der Waals surface area contributed by atoms with Gasteiger partial charge in [-0.05, 0) is 82.3 Å². The lowest BCUT2D eigenvalue weighted by Gasteiger charge is -2.42. The van der Waals surface area contributed by atoms with Crippen LogP contribution in [-0.4, -0.2) is 50.1 Å². The maximum absolute atomic E-state index is 4.42. The Morgan fingerprint density at radius 1 is 0.771 bits per heavy atom. The molecular formula is C33H62N2. The van der Waals surface area contributed by atoms with E-state index in [1.54, 1.807) is 0 Å². The van der Waals surface area contributed by atoms with Crippen LogP contribution in [0.25, 0.3) is 0 Å². The van der Waals surface area contributed by atoms with Crippen molar-refractivity contribution in [3.63, 3.8) is 0 Å². The molecule has 0 aromatic rings. The van der Waals surface area contributed by atoms with Gasteiger partial charge in [0.2, 0.25) is 0 Å². The zero-order valence-corrected chi connectivity index (χ0v) is 24.2. The molecule has 0 saturated carbocycles. The van der Waals surface area contributed by atoms with Gasteiger partial charge in [0.15, 0.2) is 0 Å². The number of likely N-dealkylation sites (tertiary alicyclic amines) is 1. The van der Waals surface area contributed by atoms with Crippen molar-refractivity contribution in [3.8, 4) is 0 Å². The Morgan fingerprint density at radius 2 is 1.43 bits per heavy atom. The van der Waals surface area contributed by atoms with Crippen LogP contribution in [0.2, 0.25) is 0 Å². The number of nitrogens with zero attached hydrogens (tertiary/aromatic N) is 2. The highest BCUT2D eigenvalue weighted by Gasteiger charge is 2.33. The topological polar surface area (TPSA) is 6.48 Å². The van der Waals surface area contributed by atoms with Gasteiger partial charge in [0.25, 0.3) is 0 Å². The molecule has 2 heteroatoms. The van der Waals surface area contributed by atoms with E-state index in [2.05, 4.69) is 56.1 Å². The summed E-state index contributed by atoms with van der Waals surface area (Å²) in [5, 5.41) is 0. The van der Waals surface area contributed by atoms with Gasteiger partial charge in [-0.3, -0.25) is 0 Å². The Balaban J connectivity index is 1.96. The maximum Gasteiger partial charge on any atom is 0.00126 e. The van der Waals surface area contributed by atoms with E-state index in [-0.39, 0.29) is 0 Å². The SMILES string of the molecule is C=C[C@H]1[C@H](CCCCCCC[C@H](C)C=C)CN(C)CCCCCCCCCC[C@H]2C[C@@H]1CN(C)C2. The van der Waals surface area contributed by atoms with Crippen molar-refractivity contribution in [3.05, 3.63) is 25.3 Å². The molecule has 0 amide bonds. The molecule has 0 N–H and O–H groups in total. The van der Waals surface area contributed by atoms with Gasteiger partial charge in [-0.25, -0.2) is 0 Å². The molecule has 2 fully saturated rings. The summed E-state index contributed by atoms with van der Waals surface area (Å²) >= 11 is 0. The highest BCUT2D eigenvalue weighted by atomic mass is 15.1. The van der Waals surface area contributed by atoms with Gasteiger partial charge in [-0.1, -0.05) is 96.1 Å². The fourth-order valence-electron chi connectivity index (χ4n) is 7.04. The second kappa shape index (κ2) is 18.6. The quantitative estimate of drug-likeness (QED) is 0.224. The minimum Gasteiger partial charge on any atom is -0.306 e. The van der Waals surface area contributed by atoms with Gasteiger partial charge in [0.05, 0.1) is 0 Å². The molecule has 2 aliphatic heterocycles. The van der Waals surface area contributed by atoms with E-state index in [4.69, 9.17) is 0 Å². The normalized spacial score (nSPS) is 29.8. The minimum atomic E-state index is 0.673. The van der Waals surface area contributed by atoms with Gasteiger partial charge in [0.1, 0.15) is 0 Å². The van der Waals surface area contributed by atoms with Gasteiger partial charge in [0, 0.05) is 19.6 Å². The molecule has 0 aromatic carbocycles. The van der Waals surface area contributed by atoms with Crippen LogP contribution in [0.5, 0.6) is 0 Å². The Bertz CT molecular complexity index is 543. The van der Waals surface area contributed by atoms with E-state index in [9.17, 15) is 0 Å². The van der Waals surface area contributed by atoms with Crippen LogP contribution in [0.4, 0.5) is 0 Å². The summed E-state index contributed by atoms with van der Waals surface area (Å²) in [5.41, 5.74) is 0. The van der Waals surface area contributed by atoms with Gasteiger partial charge >= 0.3 is 0 Å². The van der Waals surface area contributed by atoms with Gasteiger partial charge in [-0.2, -0.15) is 0 Å². The van der Waals surface area contributed by atoms with Crippen molar-refractivity contribution in [2.24, 2.45) is 29.6 Å². The van der Waals surface area contributed by atoms with Crippen molar-refractivity contribution >= 4 is 0 Å². The molecule has 2 saturated heterocycles. The number of unbranched alkanes of at least 4 members (excludes halogenated alkanes) is 4. The highest BCUT2D eigenvalue weighted by molar-refractivity contribution is 4.94. The van der Waals surface area contributed by atoms with Crippen molar-refractivity contribution in [1.82, 2.24) is 9.80 Å². The van der Waals surface area contributed by atoms with Crippen molar-refractivity contribution in [1.29, 1.82) is 0 Å². The summed E-state index contributed by atoms with van der Waals surface area (Å²) in [6.45, 7) is 15.8. The molecule has 2 aliphatic rings. The van der Waals surface area contributed by atoms with Gasteiger partial charge < -0.3 is 9.80 Å². The largest absolute Gasteiger partial charge is 0.306 e. The second-order valence-corrected chi connectivity index (χ2v) is 12.6. The predicted molar refractivity (Wildman–Crippen MR) is 157 cm³/mol. The molecular weight excluding hydrogens is 424 g/mol. The monoisotopic (exact) mass is 486 g/mol. The number of rotatable bonds is 10. The summed E-state index contributed by atoms with van der Waals surface area (Å²) in [4.78, 5) is 5.31. The van der Waals surface area contributed by atoms with Crippen LogP contribution in [0, 0.1) is 29.6 Å². The Labute approximate surface area is 221 Å². The highest BCUT2D eigenvalue weighted by Crippen LogP contribution is 2.36. The number of piperidine rings is 1. The van der Waals surface area contributed by atoms with Gasteiger partial charge in [-0.15, -0.1) is 13.2 Å². The minimum absolute atomic E-state index is 0.673. The fourth-order valence-corrected chi connectivity index (χ4v) is 7.04. The summed E-state index contributed by atoms with van der Waals surface area (Å²) in [6.07, 6.45) is 28.5. The van der Waals surface area contributed by atoms with E-state index in [0.29, 0.717) is 11.8 Å².